The Balaban J connectivity index is 1.16. The van der Waals surface area contributed by atoms with Crippen molar-refractivity contribution in [1.82, 2.24) is 19.4 Å². The van der Waals surface area contributed by atoms with Crippen LogP contribution in [0.1, 0.15) is 12.8 Å². The Morgan fingerprint density at radius 2 is 1.52 bits per heavy atom. The van der Waals surface area contributed by atoms with E-state index in [2.05, 4.69) is 39.3 Å². The average molecular weight is 591 g/mol. The van der Waals surface area contributed by atoms with Crippen molar-refractivity contribution in [2.45, 2.75) is 25.5 Å². The first-order valence-electron chi connectivity index (χ1n) is 15.2. The van der Waals surface area contributed by atoms with E-state index in [1.54, 1.807) is 22.9 Å². The predicted molar refractivity (Wildman–Crippen MR) is 175 cm³/mol. The highest BCUT2D eigenvalue weighted by molar-refractivity contribution is 5.75. The maximum Gasteiger partial charge on any atom is 0.252 e. The molecule has 9 nitrogen and oxygen atoms in total. The molecule has 1 N–H and O–H groups in total. The number of hydrogen-bond donors (Lipinski definition) is 1. The van der Waals surface area contributed by atoms with Crippen LogP contribution in [0.5, 0.6) is 11.5 Å². The number of pyridine rings is 1. The van der Waals surface area contributed by atoms with Gasteiger partial charge in [0.25, 0.3) is 5.56 Å². The molecule has 0 saturated carbocycles. The van der Waals surface area contributed by atoms with Gasteiger partial charge in [0.05, 0.1) is 6.61 Å². The van der Waals surface area contributed by atoms with Crippen LogP contribution in [0.25, 0.3) is 11.0 Å². The normalized spacial score (nSPS) is 14.3. The lowest BCUT2D eigenvalue weighted by molar-refractivity contribution is 0.148. The molecular weight excluding hydrogens is 552 g/mol. The fraction of sp³-hybridized carbons (Fsp3) is 0.286. The Bertz CT molecular complexity index is 1690. The first-order valence-corrected chi connectivity index (χ1v) is 15.2. The van der Waals surface area contributed by atoms with Crippen molar-refractivity contribution >= 4 is 28.4 Å². The molecule has 0 spiro atoms. The SMILES string of the molecule is CN1CCN(c2ccc(Nc3ncc4ccc(=O)n(CCC(CCOc5ccccc5)Oc5ccccc5)c4n3)cc2)CC1. The van der Waals surface area contributed by atoms with Crippen molar-refractivity contribution in [3.63, 3.8) is 0 Å². The van der Waals surface area contributed by atoms with Crippen molar-refractivity contribution in [3.05, 3.63) is 114 Å². The summed E-state index contributed by atoms with van der Waals surface area (Å²) in [6.45, 7) is 5.10. The lowest BCUT2D eigenvalue weighted by Crippen LogP contribution is -2.44. The van der Waals surface area contributed by atoms with Crippen molar-refractivity contribution in [3.8, 4) is 11.5 Å². The van der Waals surface area contributed by atoms with Crippen molar-refractivity contribution in [2.75, 3.05) is 50.1 Å². The lowest BCUT2D eigenvalue weighted by atomic mass is 10.1. The van der Waals surface area contributed by atoms with E-state index in [0.29, 0.717) is 37.6 Å². The Labute approximate surface area is 257 Å². The molecule has 2 aromatic heterocycles. The highest BCUT2D eigenvalue weighted by atomic mass is 16.5. The smallest absolute Gasteiger partial charge is 0.252 e. The van der Waals surface area contributed by atoms with E-state index < -0.39 is 0 Å². The first-order chi connectivity index (χ1) is 21.6. The third-order valence-electron chi connectivity index (χ3n) is 7.89. The summed E-state index contributed by atoms with van der Waals surface area (Å²) in [7, 11) is 2.16. The molecule has 9 heteroatoms. The van der Waals surface area contributed by atoms with Gasteiger partial charge in [-0.2, -0.15) is 4.98 Å². The molecule has 1 atom stereocenters. The fourth-order valence-electron chi connectivity index (χ4n) is 5.35. The number of aromatic nitrogens is 3. The quantitative estimate of drug-likeness (QED) is 0.201. The number of ether oxygens (including phenoxy) is 2. The number of nitrogens with one attached hydrogen (secondary N) is 1. The number of benzene rings is 3. The van der Waals surface area contributed by atoms with Gasteiger partial charge < -0.3 is 24.6 Å². The van der Waals surface area contributed by atoms with Crippen LogP contribution in [0.15, 0.2) is 108 Å². The van der Waals surface area contributed by atoms with Crippen LogP contribution in [0, 0.1) is 0 Å². The maximum atomic E-state index is 13.1. The summed E-state index contributed by atoms with van der Waals surface area (Å²) in [4.78, 5) is 27.1. The van der Waals surface area contributed by atoms with E-state index in [1.165, 1.54) is 5.69 Å². The summed E-state index contributed by atoms with van der Waals surface area (Å²) < 4.78 is 14.0. The molecule has 3 aromatic carbocycles. The van der Waals surface area contributed by atoms with E-state index in [-0.39, 0.29) is 11.7 Å². The Hall–Kier alpha value is -4.89. The number of nitrogens with zero attached hydrogens (tertiary/aromatic N) is 5. The zero-order valence-corrected chi connectivity index (χ0v) is 25.0. The van der Waals surface area contributed by atoms with Crippen molar-refractivity contribution < 1.29 is 9.47 Å². The molecule has 5 aromatic rings. The Morgan fingerprint density at radius 3 is 2.25 bits per heavy atom. The van der Waals surface area contributed by atoms with Gasteiger partial charge in [-0.1, -0.05) is 36.4 Å². The van der Waals surface area contributed by atoms with Crippen LogP contribution in [-0.4, -0.2) is 65.4 Å². The van der Waals surface area contributed by atoms with Crippen LogP contribution < -0.4 is 25.2 Å². The minimum atomic E-state index is -0.165. The van der Waals surface area contributed by atoms with E-state index in [0.717, 1.165) is 48.8 Å². The number of para-hydroxylation sites is 2. The minimum Gasteiger partial charge on any atom is -0.493 e. The fourth-order valence-corrected chi connectivity index (χ4v) is 5.35. The molecule has 226 valence electrons. The monoisotopic (exact) mass is 590 g/mol. The molecule has 1 saturated heterocycles. The molecule has 0 radical (unpaired) electrons. The van der Waals surface area contributed by atoms with Gasteiger partial charge in [-0.3, -0.25) is 9.36 Å². The van der Waals surface area contributed by atoms with Gasteiger partial charge in [-0.15, -0.1) is 0 Å². The predicted octanol–water partition coefficient (Wildman–Crippen LogP) is 5.59. The van der Waals surface area contributed by atoms with E-state index in [1.807, 2.05) is 72.8 Å². The summed E-state index contributed by atoms with van der Waals surface area (Å²) >= 11 is 0. The number of fused-ring (bicyclic) bond motifs is 1. The molecular formula is C35H38N6O3. The molecule has 44 heavy (non-hydrogen) atoms. The molecule has 1 aliphatic rings. The third-order valence-corrected chi connectivity index (χ3v) is 7.89. The Kier molecular flexibility index (Phi) is 9.32. The maximum absolute atomic E-state index is 13.1. The average Bonchev–Trinajstić information content (AvgIpc) is 3.06. The van der Waals surface area contributed by atoms with Crippen LogP contribution in [0.4, 0.5) is 17.3 Å². The van der Waals surface area contributed by atoms with Crippen LogP contribution in [0.3, 0.4) is 0 Å². The summed E-state index contributed by atoms with van der Waals surface area (Å²) in [5.41, 5.74) is 2.57. The van der Waals surface area contributed by atoms with Gasteiger partial charge >= 0.3 is 0 Å². The summed E-state index contributed by atoms with van der Waals surface area (Å²) in [6, 6.07) is 31.2. The zero-order valence-electron chi connectivity index (χ0n) is 25.0. The minimum absolute atomic E-state index is 0.113. The molecule has 3 heterocycles. The lowest BCUT2D eigenvalue weighted by Gasteiger charge is -2.34. The van der Waals surface area contributed by atoms with Gasteiger partial charge in [0.1, 0.15) is 23.3 Å². The highest BCUT2D eigenvalue weighted by Gasteiger charge is 2.16. The van der Waals surface area contributed by atoms with Crippen LogP contribution in [0.2, 0.25) is 0 Å². The first kappa shape index (κ1) is 29.2. The third kappa shape index (κ3) is 7.54. The summed E-state index contributed by atoms with van der Waals surface area (Å²) in [5, 5.41) is 4.11. The number of piperazine rings is 1. The summed E-state index contributed by atoms with van der Waals surface area (Å²) in [6.07, 6.45) is 2.86. The Morgan fingerprint density at radius 1 is 0.818 bits per heavy atom. The molecule has 1 unspecified atom stereocenters. The van der Waals surface area contributed by atoms with Gasteiger partial charge in [-0.05, 0) is 61.6 Å². The van der Waals surface area contributed by atoms with Crippen LogP contribution in [-0.2, 0) is 6.54 Å². The second-order valence-corrected chi connectivity index (χ2v) is 11.0. The second kappa shape index (κ2) is 14.1. The molecule has 6 rings (SSSR count). The molecule has 0 aliphatic carbocycles. The number of likely N-dealkylation sites (N-methyl/N-ethyl adjacent to an activating group) is 1. The second-order valence-electron chi connectivity index (χ2n) is 11.0. The molecule has 1 fully saturated rings. The molecule has 1 aliphatic heterocycles. The van der Waals surface area contributed by atoms with E-state index in [4.69, 9.17) is 14.5 Å². The van der Waals surface area contributed by atoms with Gasteiger partial charge in [-0.25, -0.2) is 4.98 Å². The van der Waals surface area contributed by atoms with Crippen molar-refractivity contribution in [1.29, 1.82) is 0 Å². The number of aryl methyl sites for hydroxylation is 1. The molecule has 0 bridgehead atoms. The highest BCUT2D eigenvalue weighted by Crippen LogP contribution is 2.22. The van der Waals surface area contributed by atoms with E-state index >= 15 is 0 Å². The zero-order chi connectivity index (χ0) is 30.1. The summed E-state index contributed by atoms with van der Waals surface area (Å²) in [5.74, 6) is 2.05. The van der Waals surface area contributed by atoms with Crippen LogP contribution >= 0.6 is 0 Å². The topological polar surface area (TPSA) is 84.8 Å². The number of anilines is 3. The van der Waals surface area contributed by atoms with E-state index in [9.17, 15) is 4.79 Å². The van der Waals surface area contributed by atoms with Gasteiger partial charge in [0.2, 0.25) is 5.95 Å². The standard InChI is InChI=1S/C35H38N6O3/c1-39-21-23-40(24-22-39)29-15-13-28(14-16-29)37-35-36-26-27-12-17-33(42)41(34(27)38-35)20-18-32(44-31-10-6-3-7-11-31)19-25-43-30-8-4-2-5-9-30/h2-17,26,32H,18-25H2,1H3,(H,36,37,38). The number of rotatable bonds is 12. The van der Waals surface area contributed by atoms with Gasteiger partial charge in [0.15, 0.2) is 0 Å². The number of hydrogen-bond acceptors (Lipinski definition) is 8. The van der Waals surface area contributed by atoms with Gasteiger partial charge in [0, 0.05) is 74.6 Å². The molecule has 0 amide bonds. The van der Waals surface area contributed by atoms with Crippen molar-refractivity contribution in [2.24, 2.45) is 0 Å². The largest absolute Gasteiger partial charge is 0.493 e.